The summed E-state index contributed by atoms with van der Waals surface area (Å²) in [5.41, 5.74) is 2.12. The number of aromatic nitrogens is 1. The SMILES string of the molecule is Cc1cc2cc(F)c(CC3(O)CC3)cc2n1C. The predicted molar refractivity (Wildman–Crippen MR) is 65.5 cm³/mol. The van der Waals surface area contributed by atoms with Crippen molar-refractivity contribution in [2.75, 3.05) is 0 Å². The van der Waals surface area contributed by atoms with Crippen LogP contribution in [0.1, 0.15) is 24.1 Å². The first-order chi connectivity index (χ1) is 7.98. The number of hydrogen-bond acceptors (Lipinski definition) is 1. The minimum Gasteiger partial charge on any atom is -0.390 e. The number of rotatable bonds is 2. The summed E-state index contributed by atoms with van der Waals surface area (Å²) in [6.45, 7) is 2.01. The summed E-state index contributed by atoms with van der Waals surface area (Å²) in [7, 11) is 1.98. The summed E-state index contributed by atoms with van der Waals surface area (Å²) in [5.74, 6) is -0.205. The van der Waals surface area contributed by atoms with Gasteiger partial charge in [-0.25, -0.2) is 4.39 Å². The van der Waals surface area contributed by atoms with Gasteiger partial charge in [-0.3, -0.25) is 0 Å². The summed E-state index contributed by atoms with van der Waals surface area (Å²) in [6, 6.07) is 5.42. The summed E-state index contributed by atoms with van der Waals surface area (Å²) < 4.78 is 15.9. The fourth-order valence-corrected chi connectivity index (χ4v) is 2.35. The molecule has 0 unspecified atom stereocenters. The highest BCUT2D eigenvalue weighted by Gasteiger charge is 2.40. The van der Waals surface area contributed by atoms with E-state index in [9.17, 15) is 9.50 Å². The van der Waals surface area contributed by atoms with Crippen LogP contribution in [0.15, 0.2) is 18.2 Å². The fraction of sp³-hybridized carbons (Fsp3) is 0.429. The van der Waals surface area contributed by atoms with Gasteiger partial charge in [0.1, 0.15) is 5.82 Å². The first-order valence-electron chi connectivity index (χ1n) is 5.95. The third-order valence-electron chi connectivity index (χ3n) is 3.80. The Bertz CT molecular complexity index is 596. The highest BCUT2D eigenvalue weighted by Crippen LogP contribution is 2.39. The molecule has 1 aliphatic rings. The molecule has 1 aliphatic carbocycles. The average molecular weight is 233 g/mol. The molecule has 1 saturated carbocycles. The Morgan fingerprint density at radius 1 is 1.35 bits per heavy atom. The van der Waals surface area contributed by atoms with Crippen molar-refractivity contribution in [1.29, 1.82) is 0 Å². The van der Waals surface area contributed by atoms with Gasteiger partial charge >= 0.3 is 0 Å². The van der Waals surface area contributed by atoms with Crippen molar-refractivity contribution < 1.29 is 9.50 Å². The van der Waals surface area contributed by atoms with E-state index in [1.54, 1.807) is 6.07 Å². The second-order valence-corrected chi connectivity index (χ2v) is 5.25. The predicted octanol–water partition coefficient (Wildman–Crippen LogP) is 2.69. The van der Waals surface area contributed by atoms with Crippen molar-refractivity contribution >= 4 is 10.9 Å². The van der Waals surface area contributed by atoms with Crippen LogP contribution >= 0.6 is 0 Å². The number of fused-ring (bicyclic) bond motifs is 1. The number of benzene rings is 1. The molecule has 3 heteroatoms. The molecular formula is C14H16FNO. The average Bonchev–Trinajstić information content (AvgIpc) is 2.92. The number of aryl methyl sites for hydroxylation is 2. The van der Waals surface area contributed by atoms with E-state index >= 15 is 0 Å². The van der Waals surface area contributed by atoms with E-state index in [4.69, 9.17) is 0 Å². The molecule has 0 bridgehead atoms. The van der Waals surface area contributed by atoms with Gasteiger partial charge in [0, 0.05) is 30.1 Å². The lowest BCUT2D eigenvalue weighted by atomic mass is 10.0. The Balaban J connectivity index is 2.11. The monoisotopic (exact) mass is 233 g/mol. The normalized spacial score (nSPS) is 17.6. The zero-order chi connectivity index (χ0) is 12.2. The van der Waals surface area contributed by atoms with Crippen LogP contribution in [0.4, 0.5) is 4.39 Å². The van der Waals surface area contributed by atoms with Gasteiger partial charge in [0.15, 0.2) is 0 Å². The van der Waals surface area contributed by atoms with Gasteiger partial charge in [-0.2, -0.15) is 0 Å². The lowest BCUT2D eigenvalue weighted by molar-refractivity contribution is 0.150. The Morgan fingerprint density at radius 2 is 2.06 bits per heavy atom. The van der Waals surface area contributed by atoms with Gasteiger partial charge in [-0.15, -0.1) is 0 Å². The molecule has 1 fully saturated rings. The van der Waals surface area contributed by atoms with Crippen LogP contribution in [0.3, 0.4) is 0 Å². The van der Waals surface area contributed by atoms with Crippen LogP contribution in [0.5, 0.6) is 0 Å². The third-order valence-corrected chi connectivity index (χ3v) is 3.80. The second kappa shape index (κ2) is 3.33. The molecule has 0 aliphatic heterocycles. The molecule has 2 aromatic rings. The number of nitrogens with zero attached hydrogens (tertiary/aromatic N) is 1. The highest BCUT2D eigenvalue weighted by atomic mass is 19.1. The molecule has 0 saturated heterocycles. The maximum atomic E-state index is 13.9. The minimum absolute atomic E-state index is 0.205. The zero-order valence-electron chi connectivity index (χ0n) is 10.1. The maximum Gasteiger partial charge on any atom is 0.127 e. The number of aliphatic hydroxyl groups is 1. The van der Waals surface area contributed by atoms with Gasteiger partial charge in [0.05, 0.1) is 5.60 Å². The zero-order valence-corrected chi connectivity index (χ0v) is 10.1. The van der Waals surface area contributed by atoms with Crippen LogP contribution in [-0.2, 0) is 13.5 Å². The van der Waals surface area contributed by atoms with E-state index in [2.05, 4.69) is 4.57 Å². The van der Waals surface area contributed by atoms with Gasteiger partial charge in [0.25, 0.3) is 0 Å². The van der Waals surface area contributed by atoms with Crippen LogP contribution in [0.2, 0.25) is 0 Å². The Kier molecular flexibility index (Phi) is 2.11. The quantitative estimate of drug-likeness (QED) is 0.847. The summed E-state index contributed by atoms with van der Waals surface area (Å²) >= 11 is 0. The Hall–Kier alpha value is -1.35. The van der Waals surface area contributed by atoms with Crippen LogP contribution in [0.25, 0.3) is 10.9 Å². The van der Waals surface area contributed by atoms with E-state index < -0.39 is 5.60 Å². The first-order valence-corrected chi connectivity index (χ1v) is 5.95. The van der Waals surface area contributed by atoms with Crippen molar-refractivity contribution in [2.45, 2.75) is 31.8 Å². The molecule has 1 N–H and O–H groups in total. The molecule has 0 radical (unpaired) electrons. The van der Waals surface area contributed by atoms with E-state index in [1.165, 1.54) is 0 Å². The molecule has 1 heterocycles. The van der Waals surface area contributed by atoms with E-state index in [0.717, 1.165) is 29.4 Å². The van der Waals surface area contributed by atoms with E-state index in [1.807, 2.05) is 26.1 Å². The summed E-state index contributed by atoms with van der Waals surface area (Å²) in [5, 5.41) is 10.8. The molecule has 3 rings (SSSR count). The molecule has 90 valence electrons. The standard InChI is InChI=1S/C14H16FNO/c1-9-5-10-6-12(15)11(7-13(10)16(9)2)8-14(17)3-4-14/h5-7,17H,3-4,8H2,1-2H3. The third kappa shape index (κ3) is 1.75. The maximum absolute atomic E-state index is 13.9. The first kappa shape index (κ1) is 10.8. The topological polar surface area (TPSA) is 25.2 Å². The Morgan fingerprint density at radius 3 is 2.71 bits per heavy atom. The molecule has 1 aromatic heterocycles. The molecule has 0 amide bonds. The summed E-state index contributed by atoms with van der Waals surface area (Å²) in [6.07, 6.45) is 2.01. The summed E-state index contributed by atoms with van der Waals surface area (Å²) in [4.78, 5) is 0. The van der Waals surface area contributed by atoms with Crippen molar-refractivity contribution in [3.05, 3.63) is 35.3 Å². The number of hydrogen-bond donors (Lipinski definition) is 1. The second-order valence-electron chi connectivity index (χ2n) is 5.25. The van der Waals surface area contributed by atoms with Crippen LogP contribution in [-0.4, -0.2) is 15.3 Å². The van der Waals surface area contributed by atoms with Crippen LogP contribution in [0, 0.1) is 12.7 Å². The van der Waals surface area contributed by atoms with Crippen molar-refractivity contribution in [3.63, 3.8) is 0 Å². The van der Waals surface area contributed by atoms with E-state index in [-0.39, 0.29) is 5.82 Å². The van der Waals surface area contributed by atoms with Gasteiger partial charge in [0.2, 0.25) is 0 Å². The van der Waals surface area contributed by atoms with Crippen molar-refractivity contribution in [3.8, 4) is 0 Å². The lowest BCUT2D eigenvalue weighted by Crippen LogP contribution is -2.12. The largest absolute Gasteiger partial charge is 0.390 e. The Labute approximate surface area is 99.7 Å². The fourth-order valence-electron chi connectivity index (χ4n) is 2.35. The lowest BCUT2D eigenvalue weighted by Gasteiger charge is -2.09. The van der Waals surface area contributed by atoms with Crippen molar-refractivity contribution in [2.24, 2.45) is 7.05 Å². The minimum atomic E-state index is -0.644. The van der Waals surface area contributed by atoms with Gasteiger partial charge in [-0.1, -0.05) is 0 Å². The van der Waals surface area contributed by atoms with Crippen molar-refractivity contribution in [1.82, 2.24) is 4.57 Å². The molecule has 2 nitrogen and oxygen atoms in total. The molecule has 0 spiro atoms. The number of halogens is 1. The van der Waals surface area contributed by atoms with Gasteiger partial charge in [-0.05, 0) is 43.5 Å². The van der Waals surface area contributed by atoms with Gasteiger partial charge < -0.3 is 9.67 Å². The van der Waals surface area contributed by atoms with E-state index in [0.29, 0.717) is 12.0 Å². The molecular weight excluding hydrogens is 217 g/mol. The van der Waals surface area contributed by atoms with Crippen LogP contribution < -0.4 is 0 Å². The molecule has 0 atom stereocenters. The highest BCUT2D eigenvalue weighted by molar-refractivity contribution is 5.82. The smallest absolute Gasteiger partial charge is 0.127 e. The molecule has 17 heavy (non-hydrogen) atoms. The molecule has 1 aromatic carbocycles.